The number of hydrogen-bond acceptors (Lipinski definition) is 6. The molecule has 0 aromatic rings. The lowest BCUT2D eigenvalue weighted by Crippen LogP contribution is -2.30. The Hall–Kier alpha value is -3.15. The Morgan fingerprint density at radius 3 is 0.840 bits per heavy atom. The van der Waals surface area contributed by atoms with Crippen LogP contribution in [0.25, 0.3) is 0 Å². The van der Waals surface area contributed by atoms with Gasteiger partial charge in [-0.25, -0.2) is 0 Å². The molecule has 75 heavy (non-hydrogen) atoms. The van der Waals surface area contributed by atoms with Crippen molar-refractivity contribution in [2.45, 2.75) is 335 Å². The minimum absolute atomic E-state index is 0.0792. The summed E-state index contributed by atoms with van der Waals surface area (Å²) in [5, 5.41) is 0. The van der Waals surface area contributed by atoms with Gasteiger partial charge in [-0.05, 0) is 89.9 Å². The van der Waals surface area contributed by atoms with Crippen LogP contribution in [-0.4, -0.2) is 37.2 Å². The molecule has 1 atom stereocenters. The summed E-state index contributed by atoms with van der Waals surface area (Å²) in [4.78, 5) is 38.4. The van der Waals surface area contributed by atoms with E-state index in [0.29, 0.717) is 19.3 Å². The van der Waals surface area contributed by atoms with Crippen LogP contribution in [-0.2, 0) is 28.6 Å². The number of rotatable bonds is 59. The smallest absolute Gasteiger partial charge is 0.306 e. The van der Waals surface area contributed by atoms with Crippen molar-refractivity contribution in [2.24, 2.45) is 0 Å². The van der Waals surface area contributed by atoms with Gasteiger partial charge in [-0.2, -0.15) is 0 Å². The zero-order valence-corrected chi connectivity index (χ0v) is 49.8. The standard InChI is InChI=1S/C69H122O6/c1-4-7-10-13-16-19-22-25-28-31-33-34-36-38-41-44-47-50-53-56-59-62-68(71)74-65-66(64-73-67(70)61-58-55-52-49-46-43-40-37-30-27-24-21-18-15-12-9-6-3)75-69(72)63-60-57-54-51-48-45-42-39-35-32-29-26-23-20-17-14-11-8-5-2/h7,10,16,18-19,21,25,27-28,30,33-34,66H,4-6,8-9,11-15,17,20,22-24,26,29,31-32,35-65H2,1-3H3/b10-7-,19-16-,21-18-,28-25-,30-27-,34-33-. The van der Waals surface area contributed by atoms with Crippen LogP contribution in [0, 0.1) is 0 Å². The van der Waals surface area contributed by atoms with E-state index in [1.165, 1.54) is 186 Å². The molecule has 6 heteroatoms. The number of unbranched alkanes of at least 4 members (excludes halogenated alkanes) is 36. The molecule has 0 fully saturated rings. The molecule has 0 aliphatic rings. The van der Waals surface area contributed by atoms with E-state index in [4.69, 9.17) is 14.2 Å². The molecule has 0 aliphatic carbocycles. The Morgan fingerprint density at radius 1 is 0.280 bits per heavy atom. The molecule has 0 heterocycles. The maximum Gasteiger partial charge on any atom is 0.306 e. The Bertz CT molecular complexity index is 1390. The van der Waals surface area contributed by atoms with Crippen molar-refractivity contribution >= 4 is 17.9 Å². The normalized spacial score (nSPS) is 12.5. The lowest BCUT2D eigenvalue weighted by molar-refractivity contribution is -0.167. The van der Waals surface area contributed by atoms with Gasteiger partial charge in [0.15, 0.2) is 6.10 Å². The van der Waals surface area contributed by atoms with Gasteiger partial charge in [-0.1, -0.05) is 293 Å². The number of esters is 3. The summed E-state index contributed by atoms with van der Waals surface area (Å²) in [6.45, 7) is 6.54. The first-order valence-corrected chi connectivity index (χ1v) is 32.4. The van der Waals surface area contributed by atoms with Crippen molar-refractivity contribution in [3.63, 3.8) is 0 Å². The van der Waals surface area contributed by atoms with Crippen LogP contribution in [0.1, 0.15) is 329 Å². The maximum absolute atomic E-state index is 12.9. The third-order valence-electron chi connectivity index (χ3n) is 14.2. The van der Waals surface area contributed by atoms with Crippen LogP contribution in [0.2, 0.25) is 0 Å². The van der Waals surface area contributed by atoms with Crippen LogP contribution < -0.4 is 0 Å². The molecule has 434 valence electrons. The van der Waals surface area contributed by atoms with Gasteiger partial charge in [0.25, 0.3) is 0 Å². The Balaban J connectivity index is 4.37. The van der Waals surface area contributed by atoms with E-state index < -0.39 is 6.10 Å². The largest absolute Gasteiger partial charge is 0.462 e. The van der Waals surface area contributed by atoms with E-state index >= 15 is 0 Å². The van der Waals surface area contributed by atoms with Crippen LogP contribution >= 0.6 is 0 Å². The second kappa shape index (κ2) is 63.4. The molecule has 0 spiro atoms. The second-order valence-electron chi connectivity index (χ2n) is 21.6. The highest BCUT2D eigenvalue weighted by Gasteiger charge is 2.19. The summed E-state index contributed by atoms with van der Waals surface area (Å²) in [6, 6.07) is 0. The van der Waals surface area contributed by atoms with Crippen LogP contribution in [0.4, 0.5) is 0 Å². The average molecular weight is 1050 g/mol. The predicted octanol–water partition coefficient (Wildman–Crippen LogP) is 22.1. The highest BCUT2D eigenvalue weighted by Crippen LogP contribution is 2.17. The molecule has 0 saturated carbocycles. The van der Waals surface area contributed by atoms with Crippen molar-refractivity contribution in [3.8, 4) is 0 Å². The summed E-state index contributed by atoms with van der Waals surface area (Å²) in [5.74, 6) is -0.876. The van der Waals surface area contributed by atoms with E-state index in [-0.39, 0.29) is 31.1 Å². The maximum atomic E-state index is 12.9. The van der Waals surface area contributed by atoms with Gasteiger partial charge in [-0.3, -0.25) is 14.4 Å². The SMILES string of the molecule is CC/C=C\C/C=C\C/C=C\C/C=C\CCCCCCCCCCC(=O)OCC(COC(=O)CCCCCCCCC/C=C\C/C=C\CCCCC)OC(=O)CCCCCCCCCCCCCCCCCCCCC. The second-order valence-corrected chi connectivity index (χ2v) is 21.6. The van der Waals surface area contributed by atoms with E-state index in [1.807, 2.05) is 0 Å². The molecule has 0 radical (unpaired) electrons. The monoisotopic (exact) mass is 1050 g/mol. The summed E-state index contributed by atoms with van der Waals surface area (Å²) >= 11 is 0. The number of carbonyl (C=O) groups excluding carboxylic acids is 3. The molecular formula is C69H122O6. The van der Waals surface area contributed by atoms with Gasteiger partial charge in [0.1, 0.15) is 13.2 Å². The number of carbonyl (C=O) groups is 3. The minimum Gasteiger partial charge on any atom is -0.462 e. The number of ether oxygens (including phenoxy) is 3. The van der Waals surface area contributed by atoms with Crippen molar-refractivity contribution < 1.29 is 28.6 Å². The summed E-state index contributed by atoms with van der Waals surface area (Å²) < 4.78 is 17.0. The minimum atomic E-state index is -0.782. The molecule has 0 saturated heterocycles. The third-order valence-corrected chi connectivity index (χ3v) is 14.2. The first kappa shape index (κ1) is 71.8. The van der Waals surface area contributed by atoms with Crippen LogP contribution in [0.15, 0.2) is 72.9 Å². The van der Waals surface area contributed by atoms with E-state index in [2.05, 4.69) is 93.7 Å². The average Bonchev–Trinajstić information content (AvgIpc) is 3.41. The molecule has 6 nitrogen and oxygen atoms in total. The third kappa shape index (κ3) is 61.6. The highest BCUT2D eigenvalue weighted by atomic mass is 16.6. The number of allylic oxidation sites excluding steroid dienone is 12. The number of hydrogen-bond donors (Lipinski definition) is 0. The Morgan fingerprint density at radius 2 is 0.520 bits per heavy atom. The summed E-state index contributed by atoms with van der Waals surface area (Å²) in [5.41, 5.74) is 0. The van der Waals surface area contributed by atoms with Gasteiger partial charge in [0.05, 0.1) is 0 Å². The zero-order valence-electron chi connectivity index (χ0n) is 49.8. The Kier molecular flexibility index (Phi) is 60.7. The summed E-state index contributed by atoms with van der Waals surface area (Å²) in [7, 11) is 0. The first-order chi connectivity index (χ1) is 37.0. The molecular weight excluding hydrogens is 925 g/mol. The van der Waals surface area contributed by atoms with Gasteiger partial charge < -0.3 is 14.2 Å². The lowest BCUT2D eigenvalue weighted by Gasteiger charge is -2.18. The van der Waals surface area contributed by atoms with Gasteiger partial charge in [0.2, 0.25) is 0 Å². The first-order valence-electron chi connectivity index (χ1n) is 32.4. The molecule has 0 aromatic carbocycles. The molecule has 0 aliphatic heterocycles. The van der Waals surface area contributed by atoms with Crippen molar-refractivity contribution in [2.75, 3.05) is 13.2 Å². The predicted molar refractivity (Wildman–Crippen MR) is 325 cm³/mol. The molecule has 1 unspecified atom stereocenters. The van der Waals surface area contributed by atoms with Crippen molar-refractivity contribution in [1.82, 2.24) is 0 Å². The fraction of sp³-hybridized carbons (Fsp3) is 0.783. The fourth-order valence-corrected chi connectivity index (χ4v) is 9.35. The van der Waals surface area contributed by atoms with E-state index in [1.54, 1.807) is 0 Å². The van der Waals surface area contributed by atoms with E-state index in [0.717, 1.165) is 103 Å². The van der Waals surface area contributed by atoms with Crippen LogP contribution in [0.3, 0.4) is 0 Å². The Labute approximate surface area is 465 Å². The quantitative estimate of drug-likeness (QED) is 0.0261. The zero-order chi connectivity index (χ0) is 54.3. The molecule has 0 N–H and O–H groups in total. The molecule has 0 amide bonds. The fourth-order valence-electron chi connectivity index (χ4n) is 9.35. The molecule has 0 aromatic heterocycles. The van der Waals surface area contributed by atoms with Gasteiger partial charge in [-0.15, -0.1) is 0 Å². The topological polar surface area (TPSA) is 78.9 Å². The lowest BCUT2D eigenvalue weighted by atomic mass is 10.0. The molecule has 0 bridgehead atoms. The highest BCUT2D eigenvalue weighted by molar-refractivity contribution is 5.71. The molecule has 0 rings (SSSR count). The van der Waals surface area contributed by atoms with Crippen LogP contribution in [0.5, 0.6) is 0 Å². The van der Waals surface area contributed by atoms with E-state index in [9.17, 15) is 14.4 Å². The van der Waals surface area contributed by atoms with Gasteiger partial charge >= 0.3 is 17.9 Å². The van der Waals surface area contributed by atoms with Crippen molar-refractivity contribution in [1.29, 1.82) is 0 Å². The van der Waals surface area contributed by atoms with Gasteiger partial charge in [0, 0.05) is 19.3 Å². The summed E-state index contributed by atoms with van der Waals surface area (Å²) in [6.07, 6.45) is 81.8. The van der Waals surface area contributed by atoms with Crippen molar-refractivity contribution in [3.05, 3.63) is 72.9 Å².